The minimum atomic E-state index is -1.54. The smallest absolute Gasteiger partial charge is 0.310 e. The van der Waals surface area contributed by atoms with Gasteiger partial charge < -0.3 is 10.2 Å². The highest BCUT2D eigenvalue weighted by atomic mass is 16.4. The molecular formula is C8H11NO4. The quantitative estimate of drug-likeness (QED) is 0.585. The molecule has 1 atom stereocenters. The first-order valence-electron chi connectivity index (χ1n) is 3.79. The average molecular weight is 185 g/mol. The first-order chi connectivity index (χ1) is 6.02. The molecule has 72 valence electrons. The Labute approximate surface area is 75.6 Å². The Balaban J connectivity index is 4.67. The number of carbonyl (C=O) groups is 2. The molecule has 0 aliphatic carbocycles. The van der Waals surface area contributed by atoms with E-state index in [1.54, 1.807) is 13.0 Å². The number of aliphatic hydroxyl groups is 1. The van der Waals surface area contributed by atoms with Crippen LogP contribution in [0.4, 0.5) is 0 Å². The molecule has 0 aromatic heterocycles. The van der Waals surface area contributed by atoms with Crippen molar-refractivity contribution in [2.24, 2.45) is 5.41 Å². The first-order valence-corrected chi connectivity index (χ1v) is 3.79. The number of nitrogens with zero attached hydrogens (tertiary/aromatic N) is 1. The number of carboxylic acids is 1. The predicted octanol–water partition coefficient (Wildman–Crippen LogP) is -0.0575. The molecule has 0 radical (unpaired) electrons. The van der Waals surface area contributed by atoms with Gasteiger partial charge in [0.25, 0.3) is 0 Å². The summed E-state index contributed by atoms with van der Waals surface area (Å²) >= 11 is 0. The summed E-state index contributed by atoms with van der Waals surface area (Å²) in [5, 5.41) is 25.8. The van der Waals surface area contributed by atoms with E-state index in [1.165, 1.54) is 0 Å². The van der Waals surface area contributed by atoms with Crippen molar-refractivity contribution in [2.75, 3.05) is 6.61 Å². The van der Waals surface area contributed by atoms with E-state index in [0.717, 1.165) is 0 Å². The second-order valence-electron chi connectivity index (χ2n) is 2.70. The van der Waals surface area contributed by atoms with Crippen LogP contribution >= 0.6 is 0 Å². The van der Waals surface area contributed by atoms with Crippen LogP contribution in [0.1, 0.15) is 19.8 Å². The lowest BCUT2D eigenvalue weighted by molar-refractivity contribution is -0.142. The summed E-state index contributed by atoms with van der Waals surface area (Å²) in [6, 6.07) is 1.66. The molecule has 0 spiro atoms. The zero-order chi connectivity index (χ0) is 10.5. The number of carbonyl (C=O) groups excluding carboxylic acids is 1. The van der Waals surface area contributed by atoms with Gasteiger partial charge in [0.2, 0.25) is 0 Å². The van der Waals surface area contributed by atoms with Crippen molar-refractivity contribution in [1.29, 1.82) is 5.26 Å². The maximum atomic E-state index is 11.2. The van der Waals surface area contributed by atoms with E-state index in [2.05, 4.69) is 0 Å². The van der Waals surface area contributed by atoms with Crippen LogP contribution in [0.2, 0.25) is 0 Å². The third-order valence-electron chi connectivity index (χ3n) is 1.93. The average Bonchev–Trinajstić information content (AvgIpc) is 2.07. The van der Waals surface area contributed by atoms with Gasteiger partial charge in [-0.3, -0.25) is 9.59 Å². The number of hydrogen-bond acceptors (Lipinski definition) is 4. The molecule has 0 fully saturated rings. The molecule has 0 aromatic rings. The van der Waals surface area contributed by atoms with E-state index >= 15 is 0 Å². The van der Waals surface area contributed by atoms with Crippen LogP contribution in [0.5, 0.6) is 0 Å². The van der Waals surface area contributed by atoms with Crippen molar-refractivity contribution < 1.29 is 19.8 Å². The summed E-state index contributed by atoms with van der Waals surface area (Å²) in [7, 11) is 0. The lowest BCUT2D eigenvalue weighted by Crippen LogP contribution is -2.34. The van der Waals surface area contributed by atoms with Gasteiger partial charge in [-0.1, -0.05) is 6.92 Å². The molecule has 0 saturated carbocycles. The van der Waals surface area contributed by atoms with Gasteiger partial charge >= 0.3 is 5.97 Å². The fraction of sp³-hybridized carbons (Fsp3) is 0.625. The van der Waals surface area contributed by atoms with Crippen LogP contribution in [-0.4, -0.2) is 28.6 Å². The van der Waals surface area contributed by atoms with Crippen LogP contribution in [0.25, 0.3) is 0 Å². The van der Waals surface area contributed by atoms with E-state index in [-0.39, 0.29) is 6.42 Å². The van der Waals surface area contributed by atoms with Gasteiger partial charge in [-0.2, -0.15) is 5.26 Å². The van der Waals surface area contributed by atoms with Gasteiger partial charge in [-0.15, -0.1) is 0 Å². The van der Waals surface area contributed by atoms with Crippen LogP contribution in [0.15, 0.2) is 0 Å². The summed E-state index contributed by atoms with van der Waals surface area (Å²) in [4.78, 5) is 21.4. The number of aliphatic hydroxyl groups excluding tert-OH is 1. The molecule has 13 heavy (non-hydrogen) atoms. The van der Waals surface area contributed by atoms with Crippen molar-refractivity contribution in [1.82, 2.24) is 0 Å². The molecule has 0 rings (SSSR count). The highest BCUT2D eigenvalue weighted by Gasteiger charge is 2.36. The summed E-state index contributed by atoms with van der Waals surface area (Å²) in [6.45, 7) is 0.922. The van der Waals surface area contributed by atoms with E-state index in [4.69, 9.17) is 15.5 Å². The molecule has 0 aliphatic rings. The number of rotatable bonds is 5. The standard InChI is InChI=1S/C8H11NO4/c1-2-8(4-9,5-10)6(11)3-7(12)13/h10H,2-3,5H2,1H3,(H,12,13). The molecule has 2 N–H and O–H groups in total. The van der Waals surface area contributed by atoms with E-state index in [0.29, 0.717) is 0 Å². The fourth-order valence-electron chi connectivity index (χ4n) is 0.880. The topological polar surface area (TPSA) is 98.4 Å². The summed E-state index contributed by atoms with van der Waals surface area (Å²) in [6.07, 6.45) is -0.603. The molecule has 1 unspecified atom stereocenters. The van der Waals surface area contributed by atoms with Gasteiger partial charge in [-0.25, -0.2) is 0 Å². The molecule has 0 heterocycles. The largest absolute Gasteiger partial charge is 0.481 e. The Bertz CT molecular complexity index is 249. The number of carboxylic acid groups (broad SMARTS) is 1. The van der Waals surface area contributed by atoms with Crippen LogP contribution < -0.4 is 0 Å². The van der Waals surface area contributed by atoms with Gasteiger partial charge in [0, 0.05) is 0 Å². The minimum absolute atomic E-state index is 0.117. The summed E-state index contributed by atoms with van der Waals surface area (Å²) in [5.74, 6) is -2.03. The molecule has 0 aliphatic heterocycles. The van der Waals surface area contributed by atoms with Crippen molar-refractivity contribution in [3.63, 3.8) is 0 Å². The third kappa shape index (κ3) is 2.53. The van der Waals surface area contributed by atoms with Gasteiger partial charge in [-0.05, 0) is 6.42 Å². The Morgan fingerprint density at radius 3 is 2.31 bits per heavy atom. The third-order valence-corrected chi connectivity index (χ3v) is 1.93. The highest BCUT2D eigenvalue weighted by Crippen LogP contribution is 2.22. The Morgan fingerprint density at radius 2 is 2.08 bits per heavy atom. The van der Waals surface area contributed by atoms with Gasteiger partial charge in [0.15, 0.2) is 5.78 Å². The normalized spacial score (nSPS) is 14.2. The van der Waals surface area contributed by atoms with Crippen LogP contribution in [0, 0.1) is 16.7 Å². The minimum Gasteiger partial charge on any atom is -0.481 e. The molecule has 0 saturated heterocycles. The first kappa shape index (κ1) is 11.6. The number of Topliss-reactive ketones (excluding diaryl/α,β-unsaturated/α-hetero) is 1. The molecule has 0 amide bonds. The summed E-state index contributed by atoms with van der Waals surface area (Å²) < 4.78 is 0. The number of ketones is 1. The van der Waals surface area contributed by atoms with Gasteiger partial charge in [0.1, 0.15) is 11.8 Å². The maximum absolute atomic E-state index is 11.2. The molecule has 0 bridgehead atoms. The SMILES string of the molecule is CCC(C#N)(CO)C(=O)CC(=O)O. The lowest BCUT2D eigenvalue weighted by atomic mass is 9.82. The second kappa shape index (κ2) is 4.58. The molecule has 0 aromatic carbocycles. The van der Waals surface area contributed by atoms with E-state index in [9.17, 15) is 9.59 Å². The highest BCUT2D eigenvalue weighted by molar-refractivity contribution is 5.99. The van der Waals surface area contributed by atoms with E-state index in [1.807, 2.05) is 0 Å². The van der Waals surface area contributed by atoms with Crippen LogP contribution in [-0.2, 0) is 9.59 Å². The molecule has 5 nitrogen and oxygen atoms in total. The van der Waals surface area contributed by atoms with Crippen molar-refractivity contribution in [2.45, 2.75) is 19.8 Å². The zero-order valence-electron chi connectivity index (χ0n) is 7.28. The summed E-state index contributed by atoms with van der Waals surface area (Å²) in [5.41, 5.74) is -1.54. The van der Waals surface area contributed by atoms with Gasteiger partial charge in [0.05, 0.1) is 12.7 Å². The number of nitriles is 1. The number of hydrogen-bond donors (Lipinski definition) is 2. The van der Waals surface area contributed by atoms with E-state index < -0.39 is 30.2 Å². The van der Waals surface area contributed by atoms with Crippen LogP contribution in [0.3, 0.4) is 0 Å². The van der Waals surface area contributed by atoms with Crippen molar-refractivity contribution in [3.05, 3.63) is 0 Å². The second-order valence-corrected chi connectivity index (χ2v) is 2.70. The van der Waals surface area contributed by atoms with Crippen molar-refractivity contribution >= 4 is 11.8 Å². The predicted molar refractivity (Wildman–Crippen MR) is 42.7 cm³/mol. The molecule has 5 heteroatoms. The lowest BCUT2D eigenvalue weighted by Gasteiger charge is -2.19. The monoisotopic (exact) mass is 185 g/mol. The maximum Gasteiger partial charge on any atom is 0.310 e. The molecular weight excluding hydrogens is 174 g/mol. The Hall–Kier alpha value is -1.41. The fourth-order valence-corrected chi connectivity index (χ4v) is 0.880. The number of aliphatic carboxylic acids is 1. The van der Waals surface area contributed by atoms with Crippen molar-refractivity contribution in [3.8, 4) is 6.07 Å². The Kier molecular flexibility index (Phi) is 4.08. The zero-order valence-corrected chi connectivity index (χ0v) is 7.28. The Morgan fingerprint density at radius 1 is 1.54 bits per heavy atom.